The van der Waals surface area contributed by atoms with Crippen molar-refractivity contribution in [3.63, 3.8) is 0 Å². The van der Waals surface area contributed by atoms with Crippen LogP contribution in [0.5, 0.6) is 0 Å². The van der Waals surface area contributed by atoms with E-state index in [9.17, 15) is 0 Å². The Labute approximate surface area is 128 Å². The fraction of sp³-hybridized carbons (Fsp3) is 0.533. The maximum absolute atomic E-state index is 5.31. The Morgan fingerprint density at radius 1 is 1.35 bits per heavy atom. The highest BCUT2D eigenvalue weighted by molar-refractivity contribution is 9.10. The van der Waals surface area contributed by atoms with Gasteiger partial charge in [0.15, 0.2) is 4.67 Å². The van der Waals surface area contributed by atoms with Gasteiger partial charge in [-0.1, -0.05) is 13.8 Å². The largest absolute Gasteiger partial charge is 0.457 e. The Morgan fingerprint density at radius 3 is 2.65 bits per heavy atom. The monoisotopic (exact) mass is 339 g/mol. The Bertz CT molecular complexity index is 531. The van der Waals surface area contributed by atoms with Gasteiger partial charge in [0, 0.05) is 24.2 Å². The number of halogens is 1. The van der Waals surface area contributed by atoms with Gasteiger partial charge in [-0.2, -0.15) is 5.10 Å². The van der Waals surface area contributed by atoms with E-state index in [0.29, 0.717) is 6.04 Å². The summed E-state index contributed by atoms with van der Waals surface area (Å²) < 4.78 is 8.19. The minimum atomic E-state index is 0.202. The first kappa shape index (κ1) is 15.3. The summed E-state index contributed by atoms with van der Waals surface area (Å²) in [6.07, 6.45) is 6.86. The van der Waals surface area contributed by atoms with Gasteiger partial charge in [0.2, 0.25) is 0 Å². The van der Waals surface area contributed by atoms with Gasteiger partial charge >= 0.3 is 0 Å². The molecule has 0 aromatic carbocycles. The minimum Gasteiger partial charge on any atom is -0.457 e. The lowest BCUT2D eigenvalue weighted by atomic mass is 10.1. The Hall–Kier alpha value is -1.07. The standard InChI is InChI=1S/C15H22BrN3O/c1-4-12(5-2)19-8-6-11(18-19)10-14(17-3)13-7-9-20-15(13)16/h6-9,12,14,17H,4-5,10H2,1-3H3. The van der Waals surface area contributed by atoms with Gasteiger partial charge in [0.05, 0.1) is 18.0 Å². The summed E-state index contributed by atoms with van der Waals surface area (Å²) in [7, 11) is 1.96. The molecular weight excluding hydrogens is 318 g/mol. The molecule has 0 aliphatic rings. The molecule has 1 atom stereocenters. The first-order valence-corrected chi connectivity index (χ1v) is 7.93. The van der Waals surface area contributed by atoms with Crippen molar-refractivity contribution in [2.24, 2.45) is 0 Å². The first-order valence-electron chi connectivity index (χ1n) is 7.13. The average Bonchev–Trinajstić information content (AvgIpc) is 3.07. The molecule has 0 aliphatic carbocycles. The molecule has 4 nitrogen and oxygen atoms in total. The Morgan fingerprint density at radius 2 is 2.10 bits per heavy atom. The highest BCUT2D eigenvalue weighted by Gasteiger charge is 2.17. The summed E-state index contributed by atoms with van der Waals surface area (Å²) in [5, 5.41) is 8.03. The van der Waals surface area contributed by atoms with E-state index in [0.717, 1.165) is 35.2 Å². The van der Waals surface area contributed by atoms with Crippen LogP contribution in [0.25, 0.3) is 0 Å². The third-order valence-corrected chi connectivity index (χ3v) is 4.41. The van der Waals surface area contributed by atoms with Gasteiger partial charge in [-0.3, -0.25) is 4.68 Å². The van der Waals surface area contributed by atoms with Crippen LogP contribution in [0.15, 0.2) is 33.7 Å². The van der Waals surface area contributed by atoms with Crippen LogP contribution >= 0.6 is 15.9 Å². The van der Waals surface area contributed by atoms with Crippen LogP contribution in [0.3, 0.4) is 0 Å². The maximum Gasteiger partial charge on any atom is 0.173 e. The van der Waals surface area contributed by atoms with Gasteiger partial charge in [-0.15, -0.1) is 0 Å². The van der Waals surface area contributed by atoms with E-state index in [2.05, 4.69) is 52.0 Å². The summed E-state index contributed by atoms with van der Waals surface area (Å²) >= 11 is 3.44. The van der Waals surface area contributed by atoms with Crippen molar-refractivity contribution in [3.8, 4) is 0 Å². The predicted octanol–water partition coefficient (Wildman–Crippen LogP) is 4.10. The maximum atomic E-state index is 5.31. The normalized spacial score (nSPS) is 13.1. The lowest BCUT2D eigenvalue weighted by Gasteiger charge is -2.15. The van der Waals surface area contributed by atoms with Crippen molar-refractivity contribution in [2.75, 3.05) is 7.05 Å². The molecule has 0 aliphatic heterocycles. The molecule has 0 bridgehead atoms. The van der Waals surface area contributed by atoms with Crippen LogP contribution in [-0.2, 0) is 6.42 Å². The number of nitrogens with one attached hydrogen (secondary N) is 1. The van der Waals surface area contributed by atoms with Gasteiger partial charge in [-0.25, -0.2) is 0 Å². The van der Waals surface area contributed by atoms with E-state index >= 15 is 0 Å². The second-order valence-corrected chi connectivity index (χ2v) is 5.67. The van der Waals surface area contributed by atoms with E-state index < -0.39 is 0 Å². The molecule has 1 unspecified atom stereocenters. The molecule has 0 radical (unpaired) electrons. The number of nitrogens with zero attached hydrogens (tertiary/aromatic N) is 2. The average molecular weight is 340 g/mol. The summed E-state index contributed by atoms with van der Waals surface area (Å²) in [5.74, 6) is 0. The fourth-order valence-corrected chi connectivity index (χ4v) is 3.00. The van der Waals surface area contributed by atoms with Crippen LogP contribution in [0.2, 0.25) is 0 Å². The zero-order valence-electron chi connectivity index (χ0n) is 12.3. The second-order valence-electron chi connectivity index (χ2n) is 4.95. The molecule has 2 aromatic heterocycles. The molecule has 20 heavy (non-hydrogen) atoms. The molecule has 2 rings (SSSR count). The molecule has 5 heteroatoms. The predicted molar refractivity (Wildman–Crippen MR) is 83.8 cm³/mol. The summed E-state index contributed by atoms with van der Waals surface area (Å²) in [4.78, 5) is 0. The minimum absolute atomic E-state index is 0.202. The fourth-order valence-electron chi connectivity index (χ4n) is 2.48. The van der Waals surface area contributed by atoms with Gasteiger partial charge < -0.3 is 9.73 Å². The van der Waals surface area contributed by atoms with Crippen molar-refractivity contribution in [1.82, 2.24) is 15.1 Å². The van der Waals surface area contributed by atoms with E-state index in [1.165, 1.54) is 0 Å². The second kappa shape index (κ2) is 7.09. The molecule has 0 saturated carbocycles. The molecule has 0 saturated heterocycles. The zero-order valence-corrected chi connectivity index (χ0v) is 13.9. The molecule has 0 spiro atoms. The Kier molecular flexibility index (Phi) is 5.43. The molecule has 1 N–H and O–H groups in total. The summed E-state index contributed by atoms with van der Waals surface area (Å²) in [6, 6.07) is 4.80. The third kappa shape index (κ3) is 3.33. The molecule has 2 aromatic rings. The van der Waals surface area contributed by atoms with Crippen molar-refractivity contribution in [3.05, 3.63) is 40.5 Å². The summed E-state index contributed by atoms with van der Waals surface area (Å²) in [6.45, 7) is 4.41. The molecular formula is C15H22BrN3O. The number of rotatable bonds is 7. The smallest absolute Gasteiger partial charge is 0.173 e. The molecule has 2 heterocycles. The Balaban J connectivity index is 2.11. The first-order chi connectivity index (χ1) is 9.69. The van der Waals surface area contributed by atoms with Gasteiger partial charge in [-0.05, 0) is 48.0 Å². The van der Waals surface area contributed by atoms with Gasteiger partial charge in [0.1, 0.15) is 0 Å². The van der Waals surface area contributed by atoms with Crippen molar-refractivity contribution in [2.45, 2.75) is 45.2 Å². The highest BCUT2D eigenvalue weighted by Crippen LogP contribution is 2.27. The molecule has 110 valence electrons. The lowest BCUT2D eigenvalue weighted by molar-refractivity contribution is 0.423. The van der Waals surface area contributed by atoms with E-state index in [1.807, 2.05) is 13.1 Å². The van der Waals surface area contributed by atoms with Crippen molar-refractivity contribution < 1.29 is 4.42 Å². The zero-order chi connectivity index (χ0) is 14.5. The van der Waals surface area contributed by atoms with E-state index in [4.69, 9.17) is 9.52 Å². The highest BCUT2D eigenvalue weighted by atomic mass is 79.9. The number of likely N-dealkylation sites (N-methyl/N-ethyl adjacent to an activating group) is 1. The van der Waals surface area contributed by atoms with Gasteiger partial charge in [0.25, 0.3) is 0 Å². The van der Waals surface area contributed by atoms with Crippen molar-refractivity contribution in [1.29, 1.82) is 0 Å². The number of aromatic nitrogens is 2. The third-order valence-electron chi connectivity index (χ3n) is 3.76. The van der Waals surface area contributed by atoms with Crippen LogP contribution in [0.1, 0.15) is 50.0 Å². The van der Waals surface area contributed by atoms with E-state index in [-0.39, 0.29) is 6.04 Å². The summed E-state index contributed by atoms with van der Waals surface area (Å²) in [5.41, 5.74) is 2.23. The van der Waals surface area contributed by atoms with E-state index in [1.54, 1.807) is 6.26 Å². The van der Waals surface area contributed by atoms with Crippen LogP contribution in [0.4, 0.5) is 0 Å². The quantitative estimate of drug-likeness (QED) is 0.825. The SMILES string of the molecule is CCC(CC)n1ccc(CC(NC)c2ccoc2Br)n1. The van der Waals surface area contributed by atoms with Crippen LogP contribution in [-0.4, -0.2) is 16.8 Å². The topological polar surface area (TPSA) is 43.0 Å². The van der Waals surface area contributed by atoms with Crippen LogP contribution < -0.4 is 5.32 Å². The number of furan rings is 1. The molecule has 0 fully saturated rings. The lowest BCUT2D eigenvalue weighted by Crippen LogP contribution is -2.19. The van der Waals surface area contributed by atoms with Crippen molar-refractivity contribution >= 4 is 15.9 Å². The van der Waals surface area contributed by atoms with Crippen LogP contribution in [0, 0.1) is 0 Å². The number of hydrogen-bond acceptors (Lipinski definition) is 3. The number of hydrogen-bond donors (Lipinski definition) is 1. The molecule has 0 amide bonds.